The van der Waals surface area contributed by atoms with Gasteiger partial charge in [0.05, 0.1) is 5.69 Å². The summed E-state index contributed by atoms with van der Waals surface area (Å²) >= 11 is 0. The van der Waals surface area contributed by atoms with Crippen molar-refractivity contribution in [2.75, 3.05) is 5.32 Å². The maximum absolute atomic E-state index is 13.4. The number of rotatable bonds is 4. The molecule has 0 radical (unpaired) electrons. The lowest BCUT2D eigenvalue weighted by Gasteiger charge is -2.15. The Morgan fingerprint density at radius 3 is 2.77 bits per heavy atom. The molecule has 0 bridgehead atoms. The number of nitrogens with zero attached hydrogens (tertiary/aromatic N) is 4. The Morgan fingerprint density at radius 1 is 1.16 bits per heavy atom. The Balaban J connectivity index is 1.53. The third-order valence-corrected chi connectivity index (χ3v) is 5.62. The highest BCUT2D eigenvalue weighted by atomic mass is 19.1. The van der Waals surface area contributed by atoms with Crippen molar-refractivity contribution >= 4 is 17.4 Å². The molecular weight excluding hydrogens is 397 g/mol. The van der Waals surface area contributed by atoms with E-state index in [0.29, 0.717) is 22.7 Å². The van der Waals surface area contributed by atoms with Crippen LogP contribution in [0.4, 0.5) is 10.2 Å². The molecule has 7 nitrogen and oxygen atoms in total. The van der Waals surface area contributed by atoms with E-state index in [4.69, 9.17) is 0 Å². The molecule has 3 heterocycles. The topological polar surface area (TPSA) is 81.3 Å². The first kappa shape index (κ1) is 19.2. The number of carbonyl (C=O) groups excluding carboxylic acids is 1. The largest absolute Gasteiger partial charge is 0.308 e. The second-order valence-electron chi connectivity index (χ2n) is 7.66. The minimum absolute atomic E-state index is 0.291. The molecule has 3 aromatic heterocycles. The van der Waals surface area contributed by atoms with Crippen molar-refractivity contribution in [2.45, 2.75) is 32.2 Å². The van der Waals surface area contributed by atoms with E-state index in [1.165, 1.54) is 16.8 Å². The number of halogens is 1. The van der Waals surface area contributed by atoms with Crippen LogP contribution in [-0.4, -0.2) is 25.1 Å². The summed E-state index contributed by atoms with van der Waals surface area (Å²) in [6.45, 7) is 1.64. The molecule has 1 N–H and O–H groups in total. The van der Waals surface area contributed by atoms with Crippen LogP contribution < -0.4 is 10.9 Å². The average molecular weight is 417 g/mol. The van der Waals surface area contributed by atoms with Crippen molar-refractivity contribution in [2.24, 2.45) is 0 Å². The van der Waals surface area contributed by atoms with Crippen LogP contribution in [0.1, 0.15) is 30.6 Å². The number of aromatic nitrogens is 4. The molecule has 8 heteroatoms. The monoisotopic (exact) mass is 417 g/mol. The van der Waals surface area contributed by atoms with Crippen molar-refractivity contribution in [1.82, 2.24) is 19.2 Å². The first-order valence-corrected chi connectivity index (χ1v) is 10.2. The Labute approximate surface area is 177 Å². The zero-order valence-corrected chi connectivity index (χ0v) is 16.9. The smallest absolute Gasteiger partial charge is 0.267 e. The minimum atomic E-state index is -0.811. The van der Waals surface area contributed by atoms with Crippen molar-refractivity contribution in [3.8, 4) is 11.3 Å². The van der Waals surface area contributed by atoms with Gasteiger partial charge in [-0.1, -0.05) is 6.07 Å². The van der Waals surface area contributed by atoms with Crippen LogP contribution in [0.3, 0.4) is 0 Å². The highest BCUT2D eigenvalue weighted by molar-refractivity contribution is 5.96. The van der Waals surface area contributed by atoms with Gasteiger partial charge in [0.2, 0.25) is 5.91 Å². The number of nitrogens with one attached hydrogen (secondary N) is 1. The van der Waals surface area contributed by atoms with Gasteiger partial charge in [-0.15, -0.1) is 0 Å². The number of imidazole rings is 1. The number of amides is 1. The molecule has 0 fully saturated rings. The number of pyridine rings is 1. The highest BCUT2D eigenvalue weighted by Crippen LogP contribution is 2.29. The summed E-state index contributed by atoms with van der Waals surface area (Å²) in [6, 6.07) is 12.2. The van der Waals surface area contributed by atoms with E-state index < -0.39 is 6.04 Å². The van der Waals surface area contributed by atoms with Gasteiger partial charge in [-0.3, -0.25) is 14.0 Å². The van der Waals surface area contributed by atoms with Gasteiger partial charge in [0.1, 0.15) is 29.0 Å². The molecule has 1 atom stereocenters. The third kappa shape index (κ3) is 3.39. The molecule has 1 aliphatic carbocycles. The van der Waals surface area contributed by atoms with E-state index in [2.05, 4.69) is 15.4 Å². The summed E-state index contributed by atoms with van der Waals surface area (Å²) in [5, 5.41) is 7.34. The number of fused-ring (bicyclic) bond motifs is 2. The number of aryl methyl sites for hydroxylation is 2. The van der Waals surface area contributed by atoms with Gasteiger partial charge in [-0.05, 0) is 68.1 Å². The molecule has 1 amide bonds. The van der Waals surface area contributed by atoms with Crippen LogP contribution in [0, 0.1) is 5.82 Å². The quantitative estimate of drug-likeness (QED) is 0.552. The lowest BCUT2D eigenvalue weighted by Crippen LogP contribution is -2.34. The molecule has 1 aromatic carbocycles. The van der Waals surface area contributed by atoms with Crippen molar-refractivity contribution in [1.29, 1.82) is 0 Å². The maximum Gasteiger partial charge on any atom is 0.267 e. The molecule has 1 unspecified atom stereocenters. The fourth-order valence-electron chi connectivity index (χ4n) is 3.95. The van der Waals surface area contributed by atoms with Crippen LogP contribution in [-0.2, 0) is 17.6 Å². The Bertz CT molecular complexity index is 1360. The van der Waals surface area contributed by atoms with Crippen LogP contribution in [0.15, 0.2) is 59.5 Å². The van der Waals surface area contributed by atoms with E-state index >= 15 is 0 Å². The third-order valence-electron chi connectivity index (χ3n) is 5.62. The van der Waals surface area contributed by atoms with Crippen molar-refractivity contribution in [3.63, 3.8) is 0 Å². The summed E-state index contributed by atoms with van der Waals surface area (Å²) in [5.41, 5.74) is 3.37. The Hall–Kier alpha value is -3.81. The molecular formula is C23H20FN5O2. The number of anilines is 1. The molecule has 156 valence electrons. The molecule has 0 aliphatic heterocycles. The average Bonchev–Trinajstić information content (AvgIpc) is 3.37. The zero-order valence-electron chi connectivity index (χ0n) is 16.9. The maximum atomic E-state index is 13.4. The van der Waals surface area contributed by atoms with E-state index in [9.17, 15) is 14.0 Å². The Morgan fingerprint density at radius 2 is 1.97 bits per heavy atom. The summed E-state index contributed by atoms with van der Waals surface area (Å²) in [7, 11) is 0. The van der Waals surface area contributed by atoms with Gasteiger partial charge >= 0.3 is 0 Å². The van der Waals surface area contributed by atoms with Gasteiger partial charge in [0.25, 0.3) is 5.56 Å². The summed E-state index contributed by atoms with van der Waals surface area (Å²) in [5.74, 6) is -0.288. The number of hydrogen-bond donors (Lipinski definition) is 1. The number of benzene rings is 1. The first-order chi connectivity index (χ1) is 15.0. The van der Waals surface area contributed by atoms with Crippen LogP contribution >= 0.6 is 0 Å². The second-order valence-corrected chi connectivity index (χ2v) is 7.66. The van der Waals surface area contributed by atoms with Crippen molar-refractivity contribution < 1.29 is 9.18 Å². The summed E-state index contributed by atoms with van der Waals surface area (Å²) < 4.78 is 16.4. The number of hydrogen-bond acceptors (Lipinski definition) is 4. The molecule has 31 heavy (non-hydrogen) atoms. The minimum Gasteiger partial charge on any atom is -0.308 e. The molecule has 0 saturated heterocycles. The standard InChI is InChI=1S/C23H20FN5O2/c1-14(29-20(30)13-16-5-4-6-18(16)27-29)23(31)26-22-21(15-8-10-17(24)11-9-15)25-19-7-2-3-12-28(19)22/h2-3,7-14H,4-6H2,1H3,(H,26,31). The summed E-state index contributed by atoms with van der Waals surface area (Å²) in [6.07, 6.45) is 4.42. The van der Waals surface area contributed by atoms with Crippen LogP contribution in [0.5, 0.6) is 0 Å². The number of carbonyl (C=O) groups is 1. The summed E-state index contributed by atoms with van der Waals surface area (Å²) in [4.78, 5) is 30.3. The van der Waals surface area contributed by atoms with Gasteiger partial charge in [-0.2, -0.15) is 5.10 Å². The van der Waals surface area contributed by atoms with Gasteiger partial charge in [-0.25, -0.2) is 14.1 Å². The lowest BCUT2D eigenvalue weighted by atomic mass is 10.1. The molecule has 0 saturated carbocycles. The van der Waals surface area contributed by atoms with Gasteiger partial charge in [0.15, 0.2) is 0 Å². The predicted molar refractivity (Wildman–Crippen MR) is 114 cm³/mol. The Kier molecular flexibility index (Phi) is 4.62. The fourth-order valence-corrected chi connectivity index (χ4v) is 3.95. The predicted octanol–water partition coefficient (Wildman–Crippen LogP) is 3.39. The lowest BCUT2D eigenvalue weighted by molar-refractivity contribution is -0.119. The van der Waals surface area contributed by atoms with E-state index in [1.54, 1.807) is 35.7 Å². The normalized spacial score (nSPS) is 13.9. The zero-order chi connectivity index (χ0) is 21.5. The highest BCUT2D eigenvalue weighted by Gasteiger charge is 2.24. The molecule has 4 aromatic rings. The van der Waals surface area contributed by atoms with Gasteiger partial charge in [0, 0.05) is 17.8 Å². The molecule has 5 rings (SSSR count). The van der Waals surface area contributed by atoms with Gasteiger partial charge < -0.3 is 5.32 Å². The van der Waals surface area contributed by atoms with E-state index in [-0.39, 0.29) is 17.3 Å². The van der Waals surface area contributed by atoms with Crippen LogP contribution in [0.25, 0.3) is 16.9 Å². The second kappa shape index (κ2) is 7.46. The molecule has 0 spiro atoms. The SMILES string of the molecule is CC(C(=O)Nc1c(-c2ccc(F)cc2)nc2ccccn12)n1nc2c(cc1=O)CCC2. The van der Waals surface area contributed by atoms with Crippen LogP contribution in [0.2, 0.25) is 0 Å². The van der Waals surface area contributed by atoms with E-state index in [1.807, 2.05) is 18.2 Å². The van der Waals surface area contributed by atoms with E-state index in [0.717, 1.165) is 30.5 Å². The van der Waals surface area contributed by atoms with Crippen molar-refractivity contribution in [3.05, 3.63) is 82.2 Å². The molecule has 1 aliphatic rings. The fraction of sp³-hybridized carbons (Fsp3) is 0.217. The first-order valence-electron chi connectivity index (χ1n) is 10.2.